The molecule has 0 aliphatic rings. The van der Waals surface area contributed by atoms with Crippen molar-refractivity contribution in [1.29, 1.82) is 0 Å². The van der Waals surface area contributed by atoms with E-state index in [-0.39, 0.29) is 11.4 Å². The van der Waals surface area contributed by atoms with Crippen LogP contribution in [0.5, 0.6) is 5.88 Å². The molecule has 0 bridgehead atoms. The maximum atomic E-state index is 12.4. The summed E-state index contributed by atoms with van der Waals surface area (Å²) in [5.74, 6) is -1.35. The van der Waals surface area contributed by atoms with E-state index < -0.39 is 17.7 Å². The molecule has 0 saturated carbocycles. The van der Waals surface area contributed by atoms with Gasteiger partial charge in [-0.2, -0.15) is 13.2 Å². The first-order chi connectivity index (χ1) is 7.84. The van der Waals surface area contributed by atoms with Gasteiger partial charge < -0.3 is 9.84 Å². The topological polar surface area (TPSA) is 59.4 Å². The summed E-state index contributed by atoms with van der Waals surface area (Å²) in [7, 11) is 1.23. The van der Waals surface area contributed by atoms with Crippen LogP contribution in [0.1, 0.15) is 11.1 Å². The predicted octanol–water partition coefficient (Wildman–Crippen LogP) is 2.21. The van der Waals surface area contributed by atoms with E-state index >= 15 is 0 Å². The highest BCUT2D eigenvalue weighted by molar-refractivity contribution is 5.85. The van der Waals surface area contributed by atoms with E-state index in [2.05, 4.69) is 4.98 Å². The third-order valence-electron chi connectivity index (χ3n) is 1.80. The first-order valence-corrected chi connectivity index (χ1v) is 4.37. The smallest absolute Gasteiger partial charge is 0.417 e. The van der Waals surface area contributed by atoms with Gasteiger partial charge in [0.1, 0.15) is 0 Å². The van der Waals surface area contributed by atoms with Gasteiger partial charge in [-0.3, -0.25) is 0 Å². The van der Waals surface area contributed by atoms with Crippen molar-refractivity contribution in [2.45, 2.75) is 6.18 Å². The SMILES string of the molecule is COc1ncc(C(F)(F)F)cc1C=CC(=O)O. The van der Waals surface area contributed by atoms with E-state index in [9.17, 15) is 18.0 Å². The molecule has 0 amide bonds. The number of pyridine rings is 1. The zero-order valence-corrected chi connectivity index (χ0v) is 8.65. The van der Waals surface area contributed by atoms with Gasteiger partial charge in [-0.05, 0) is 12.1 Å². The number of nitrogens with zero attached hydrogens (tertiary/aromatic N) is 1. The Kier molecular flexibility index (Phi) is 3.72. The summed E-state index contributed by atoms with van der Waals surface area (Å²) in [5, 5.41) is 8.40. The van der Waals surface area contributed by atoms with Crippen LogP contribution in [0, 0.1) is 0 Å². The molecule has 17 heavy (non-hydrogen) atoms. The summed E-state index contributed by atoms with van der Waals surface area (Å²) in [6.45, 7) is 0. The molecule has 0 atom stereocenters. The minimum atomic E-state index is -4.54. The van der Waals surface area contributed by atoms with Crippen molar-refractivity contribution in [2.75, 3.05) is 7.11 Å². The zero-order chi connectivity index (χ0) is 13.1. The number of carboxylic acids is 1. The number of hydrogen-bond acceptors (Lipinski definition) is 3. The summed E-state index contributed by atoms with van der Waals surface area (Å²) in [6.07, 6.45) is -2.22. The maximum absolute atomic E-state index is 12.4. The summed E-state index contributed by atoms with van der Waals surface area (Å²) in [5.41, 5.74) is -1.02. The highest BCUT2D eigenvalue weighted by Crippen LogP contribution is 2.31. The van der Waals surface area contributed by atoms with Gasteiger partial charge in [-0.15, -0.1) is 0 Å². The standard InChI is InChI=1S/C10H8F3NO3/c1-17-9-6(2-3-8(15)16)4-7(5-14-9)10(11,12)13/h2-5H,1H3,(H,15,16). The lowest BCUT2D eigenvalue weighted by Gasteiger charge is -2.09. The van der Waals surface area contributed by atoms with Crippen molar-refractivity contribution in [1.82, 2.24) is 4.98 Å². The number of aromatic nitrogens is 1. The number of aliphatic carboxylic acids is 1. The van der Waals surface area contributed by atoms with Crippen molar-refractivity contribution in [3.8, 4) is 5.88 Å². The van der Waals surface area contributed by atoms with Crippen LogP contribution in [0.15, 0.2) is 18.3 Å². The molecule has 0 aliphatic heterocycles. The van der Waals surface area contributed by atoms with Gasteiger partial charge in [-0.1, -0.05) is 0 Å². The van der Waals surface area contributed by atoms with Gasteiger partial charge in [0.05, 0.1) is 12.7 Å². The van der Waals surface area contributed by atoms with E-state index in [0.29, 0.717) is 12.3 Å². The molecule has 1 rings (SSSR count). The molecule has 0 aliphatic carbocycles. The third-order valence-corrected chi connectivity index (χ3v) is 1.80. The van der Waals surface area contributed by atoms with E-state index in [1.807, 2.05) is 0 Å². The van der Waals surface area contributed by atoms with Gasteiger partial charge in [0.2, 0.25) is 5.88 Å². The van der Waals surface area contributed by atoms with Crippen molar-refractivity contribution in [2.24, 2.45) is 0 Å². The first-order valence-electron chi connectivity index (χ1n) is 4.37. The Hall–Kier alpha value is -2.05. The molecule has 1 heterocycles. The quantitative estimate of drug-likeness (QED) is 0.832. The summed E-state index contributed by atoms with van der Waals surface area (Å²) in [4.78, 5) is 13.7. The summed E-state index contributed by atoms with van der Waals surface area (Å²) < 4.78 is 41.9. The molecule has 1 aromatic rings. The number of hydrogen-bond donors (Lipinski definition) is 1. The number of ether oxygens (including phenoxy) is 1. The van der Waals surface area contributed by atoms with Gasteiger partial charge in [0.25, 0.3) is 0 Å². The molecule has 7 heteroatoms. The maximum Gasteiger partial charge on any atom is 0.417 e. The lowest BCUT2D eigenvalue weighted by molar-refractivity contribution is -0.138. The molecule has 0 radical (unpaired) electrons. The Balaban J connectivity index is 3.20. The Morgan fingerprint density at radius 3 is 2.65 bits per heavy atom. The molecule has 1 aromatic heterocycles. The average molecular weight is 247 g/mol. The van der Waals surface area contributed by atoms with Crippen LogP contribution in [0.25, 0.3) is 6.08 Å². The van der Waals surface area contributed by atoms with Crippen LogP contribution in [-0.4, -0.2) is 23.2 Å². The lowest BCUT2D eigenvalue weighted by atomic mass is 10.2. The molecule has 0 fully saturated rings. The van der Waals surface area contributed by atoms with Crippen LogP contribution < -0.4 is 4.74 Å². The molecular weight excluding hydrogens is 239 g/mol. The van der Waals surface area contributed by atoms with Gasteiger partial charge in [0, 0.05) is 17.8 Å². The third kappa shape index (κ3) is 3.47. The normalized spacial score (nSPS) is 11.8. The van der Waals surface area contributed by atoms with Gasteiger partial charge >= 0.3 is 12.1 Å². The number of methoxy groups -OCH3 is 1. The number of halogens is 3. The second-order valence-electron chi connectivity index (χ2n) is 2.99. The van der Waals surface area contributed by atoms with E-state index in [1.54, 1.807) is 0 Å². The lowest BCUT2D eigenvalue weighted by Crippen LogP contribution is -2.06. The van der Waals surface area contributed by atoms with Crippen molar-refractivity contribution in [3.05, 3.63) is 29.5 Å². The number of alkyl halides is 3. The predicted molar refractivity (Wildman–Crippen MR) is 52.5 cm³/mol. The minimum absolute atomic E-state index is 0.0512. The van der Waals surface area contributed by atoms with E-state index in [0.717, 1.165) is 12.1 Å². The molecule has 0 aromatic carbocycles. The van der Waals surface area contributed by atoms with Crippen LogP contribution in [0.2, 0.25) is 0 Å². The highest BCUT2D eigenvalue weighted by atomic mass is 19.4. The van der Waals surface area contributed by atoms with E-state index in [1.165, 1.54) is 7.11 Å². The monoisotopic (exact) mass is 247 g/mol. The first kappa shape index (κ1) is 13.0. The Morgan fingerprint density at radius 1 is 1.53 bits per heavy atom. The van der Waals surface area contributed by atoms with E-state index in [4.69, 9.17) is 9.84 Å². The van der Waals surface area contributed by atoms with Crippen molar-refractivity contribution in [3.63, 3.8) is 0 Å². The molecule has 4 nitrogen and oxygen atoms in total. The summed E-state index contributed by atoms with van der Waals surface area (Å²) in [6, 6.07) is 0.769. The average Bonchev–Trinajstić information content (AvgIpc) is 2.24. The minimum Gasteiger partial charge on any atom is -0.481 e. The van der Waals surface area contributed by atoms with Crippen molar-refractivity contribution < 1.29 is 27.8 Å². The Bertz CT molecular complexity index is 455. The largest absolute Gasteiger partial charge is 0.481 e. The van der Waals surface area contributed by atoms with Crippen LogP contribution >= 0.6 is 0 Å². The molecular formula is C10H8F3NO3. The highest BCUT2D eigenvalue weighted by Gasteiger charge is 2.31. The zero-order valence-electron chi connectivity index (χ0n) is 8.65. The molecule has 0 saturated heterocycles. The van der Waals surface area contributed by atoms with Crippen molar-refractivity contribution >= 4 is 12.0 Å². The molecule has 1 N–H and O–H groups in total. The van der Waals surface area contributed by atoms with Crippen LogP contribution in [-0.2, 0) is 11.0 Å². The molecule has 92 valence electrons. The molecule has 0 spiro atoms. The fourth-order valence-corrected chi connectivity index (χ4v) is 1.08. The summed E-state index contributed by atoms with van der Waals surface area (Å²) >= 11 is 0. The van der Waals surface area contributed by atoms with Crippen LogP contribution in [0.4, 0.5) is 13.2 Å². The Labute approximate surface area is 94.4 Å². The number of carboxylic acid groups (broad SMARTS) is 1. The second kappa shape index (κ2) is 4.86. The number of carbonyl (C=O) groups is 1. The number of rotatable bonds is 3. The molecule has 0 unspecified atom stereocenters. The van der Waals surface area contributed by atoms with Crippen LogP contribution in [0.3, 0.4) is 0 Å². The van der Waals surface area contributed by atoms with Gasteiger partial charge in [-0.25, -0.2) is 9.78 Å². The fourth-order valence-electron chi connectivity index (χ4n) is 1.08. The fraction of sp³-hybridized carbons (Fsp3) is 0.200. The second-order valence-corrected chi connectivity index (χ2v) is 2.99. The van der Waals surface area contributed by atoms with Gasteiger partial charge in [0.15, 0.2) is 0 Å². The Morgan fingerprint density at radius 2 is 2.18 bits per heavy atom.